The maximum Gasteiger partial charge on any atom is 0.313 e. The van der Waals surface area contributed by atoms with Crippen LogP contribution in [0.25, 0.3) is 0 Å². The van der Waals surface area contributed by atoms with Crippen molar-refractivity contribution in [3.05, 3.63) is 0 Å². The average molecular weight is 520 g/mol. The van der Waals surface area contributed by atoms with Gasteiger partial charge in [0, 0.05) is 13.7 Å². The second-order valence-electron chi connectivity index (χ2n) is 9.61. The van der Waals surface area contributed by atoms with Crippen LogP contribution in [-0.4, -0.2) is 77.9 Å². The van der Waals surface area contributed by atoms with Gasteiger partial charge in [0.05, 0.1) is 26.1 Å². The Kier molecular flexibility index (Phi) is 13.1. The van der Waals surface area contributed by atoms with Crippen LogP contribution in [0.4, 0.5) is 0 Å². The van der Waals surface area contributed by atoms with Gasteiger partial charge in [0.2, 0.25) is 21.7 Å². The van der Waals surface area contributed by atoms with Gasteiger partial charge in [-0.2, -0.15) is 0 Å². The maximum absolute atomic E-state index is 12.8. The lowest BCUT2D eigenvalue weighted by Crippen LogP contribution is -2.56. The zero-order chi connectivity index (χ0) is 25.7. The third kappa shape index (κ3) is 11.8. The minimum atomic E-state index is -3.74. The van der Waals surface area contributed by atoms with E-state index >= 15 is 0 Å². The highest BCUT2D eigenvalue weighted by atomic mass is 32.2. The molecule has 0 radical (unpaired) electrons. The molecule has 0 bridgehead atoms. The van der Waals surface area contributed by atoms with E-state index in [-0.39, 0.29) is 13.2 Å². The molecule has 11 nitrogen and oxygen atoms in total. The van der Waals surface area contributed by atoms with Gasteiger partial charge in [0.1, 0.15) is 12.1 Å². The van der Waals surface area contributed by atoms with Crippen LogP contribution in [0.1, 0.15) is 64.2 Å². The second kappa shape index (κ2) is 15.5. The van der Waals surface area contributed by atoms with Crippen molar-refractivity contribution in [2.24, 2.45) is 11.8 Å². The quantitative estimate of drug-likeness (QED) is 0.213. The summed E-state index contributed by atoms with van der Waals surface area (Å²) < 4.78 is 36.5. The molecule has 2 fully saturated rings. The molecule has 35 heavy (non-hydrogen) atoms. The first kappa shape index (κ1) is 29.6. The van der Waals surface area contributed by atoms with E-state index in [2.05, 4.69) is 15.5 Å². The Bertz CT molecular complexity index is 780. The Morgan fingerprint density at radius 2 is 1.43 bits per heavy atom. The number of nitrogens with one attached hydrogen (secondary N) is 3. The van der Waals surface area contributed by atoms with E-state index < -0.39 is 39.7 Å². The maximum atomic E-state index is 12.8. The number of Topliss-reactive ketones (excluding diaryl/α,β-unsaturated/α-hetero) is 1. The highest BCUT2D eigenvalue weighted by Crippen LogP contribution is 2.24. The molecule has 202 valence electrons. The lowest BCUT2D eigenvalue weighted by molar-refractivity contribution is -0.149. The SMILES string of the molecule is COC[C@H](NC(=O)[C@@H](COCC1CCCCC1)NS(C)(=O)=O)C(=O)C(=O)NOCC1CCCCC1. The monoisotopic (exact) mass is 519 g/mol. The van der Waals surface area contributed by atoms with E-state index in [0.717, 1.165) is 57.6 Å². The van der Waals surface area contributed by atoms with E-state index in [9.17, 15) is 22.8 Å². The summed E-state index contributed by atoms with van der Waals surface area (Å²) in [7, 11) is -2.41. The number of sulfonamides is 1. The Morgan fingerprint density at radius 3 is 1.97 bits per heavy atom. The van der Waals surface area contributed by atoms with Crippen LogP contribution in [0.5, 0.6) is 0 Å². The Labute approximate surface area is 208 Å². The molecule has 2 aliphatic carbocycles. The number of hydrogen-bond acceptors (Lipinski definition) is 8. The number of ketones is 1. The summed E-state index contributed by atoms with van der Waals surface area (Å²) in [5, 5.41) is 2.41. The third-order valence-electron chi connectivity index (χ3n) is 6.43. The van der Waals surface area contributed by atoms with Crippen molar-refractivity contribution in [1.29, 1.82) is 0 Å². The molecule has 2 rings (SSSR count). The minimum absolute atomic E-state index is 0.194. The number of carbonyl (C=O) groups is 3. The number of rotatable bonds is 15. The zero-order valence-corrected chi connectivity index (χ0v) is 21.7. The Morgan fingerprint density at radius 1 is 0.857 bits per heavy atom. The zero-order valence-electron chi connectivity index (χ0n) is 20.9. The first-order chi connectivity index (χ1) is 16.7. The van der Waals surface area contributed by atoms with E-state index in [4.69, 9.17) is 14.3 Å². The minimum Gasteiger partial charge on any atom is -0.382 e. The fourth-order valence-electron chi connectivity index (χ4n) is 4.54. The fourth-order valence-corrected chi connectivity index (χ4v) is 5.23. The third-order valence-corrected chi connectivity index (χ3v) is 7.15. The number of methoxy groups -OCH3 is 1. The molecule has 0 aromatic carbocycles. The summed E-state index contributed by atoms with van der Waals surface area (Å²) in [5.74, 6) is -2.03. The molecule has 0 spiro atoms. The number of carbonyl (C=O) groups excluding carboxylic acids is 3. The van der Waals surface area contributed by atoms with Gasteiger partial charge in [-0.25, -0.2) is 18.6 Å². The molecule has 0 aliphatic heterocycles. The molecule has 2 amide bonds. The van der Waals surface area contributed by atoms with Gasteiger partial charge in [-0.1, -0.05) is 38.5 Å². The summed E-state index contributed by atoms with van der Waals surface area (Å²) in [4.78, 5) is 43.0. The summed E-state index contributed by atoms with van der Waals surface area (Å²) in [5.41, 5.74) is 2.15. The second-order valence-corrected chi connectivity index (χ2v) is 11.4. The van der Waals surface area contributed by atoms with Gasteiger partial charge in [-0.15, -0.1) is 0 Å². The smallest absolute Gasteiger partial charge is 0.313 e. The van der Waals surface area contributed by atoms with Crippen LogP contribution < -0.4 is 15.5 Å². The van der Waals surface area contributed by atoms with Crippen molar-refractivity contribution in [3.63, 3.8) is 0 Å². The Balaban J connectivity index is 1.89. The molecule has 12 heteroatoms. The number of hydroxylamine groups is 1. The molecule has 0 aromatic rings. The normalized spacial score (nSPS) is 19.6. The predicted octanol–water partition coefficient (Wildman–Crippen LogP) is 0.830. The van der Waals surface area contributed by atoms with Crippen molar-refractivity contribution in [1.82, 2.24) is 15.5 Å². The van der Waals surface area contributed by atoms with Gasteiger partial charge >= 0.3 is 5.91 Å². The summed E-state index contributed by atoms with van der Waals surface area (Å²) in [6, 6.07) is -2.57. The molecular formula is C23H41N3O8S. The lowest BCUT2D eigenvalue weighted by Gasteiger charge is -2.24. The van der Waals surface area contributed by atoms with Crippen molar-refractivity contribution >= 4 is 27.6 Å². The van der Waals surface area contributed by atoms with Crippen molar-refractivity contribution in [2.45, 2.75) is 76.3 Å². The molecule has 0 unspecified atom stereocenters. The molecule has 0 aromatic heterocycles. The van der Waals surface area contributed by atoms with Crippen LogP contribution in [0.15, 0.2) is 0 Å². The van der Waals surface area contributed by atoms with Gasteiger partial charge in [0.25, 0.3) is 0 Å². The lowest BCUT2D eigenvalue weighted by atomic mass is 9.90. The van der Waals surface area contributed by atoms with Crippen molar-refractivity contribution < 1.29 is 37.1 Å². The van der Waals surface area contributed by atoms with E-state index in [1.165, 1.54) is 20.0 Å². The van der Waals surface area contributed by atoms with E-state index in [1.54, 1.807) is 0 Å². The summed E-state index contributed by atoms with van der Waals surface area (Å²) >= 11 is 0. The molecular weight excluding hydrogens is 478 g/mol. The Hall–Kier alpha value is -1.60. The highest BCUT2D eigenvalue weighted by molar-refractivity contribution is 7.88. The first-order valence-electron chi connectivity index (χ1n) is 12.5. The van der Waals surface area contributed by atoms with E-state index in [0.29, 0.717) is 25.0 Å². The number of ether oxygens (including phenoxy) is 2. The first-order valence-corrected chi connectivity index (χ1v) is 14.4. The van der Waals surface area contributed by atoms with Crippen LogP contribution in [-0.2, 0) is 38.7 Å². The van der Waals surface area contributed by atoms with Crippen molar-refractivity contribution in [3.8, 4) is 0 Å². The summed E-state index contributed by atoms with van der Waals surface area (Å²) in [6.45, 7) is 0.282. The van der Waals surface area contributed by atoms with Gasteiger partial charge in [-0.3, -0.25) is 19.2 Å². The van der Waals surface area contributed by atoms with Crippen LogP contribution in [0.2, 0.25) is 0 Å². The largest absolute Gasteiger partial charge is 0.382 e. The van der Waals surface area contributed by atoms with Crippen LogP contribution in [0.3, 0.4) is 0 Å². The number of amides is 2. The standard InChI is InChI=1S/C23H41N3O8S/c1-32-15-19(21(27)23(29)25-34-14-18-11-7-4-8-12-18)24-22(28)20(26-35(2,30)31)16-33-13-17-9-5-3-6-10-17/h17-20,26H,3-16H2,1-2H3,(H,24,28)(H,25,29)/t19-,20+/m0/s1. The molecule has 2 aliphatic rings. The highest BCUT2D eigenvalue weighted by Gasteiger charge is 2.31. The molecule has 2 atom stereocenters. The van der Waals surface area contributed by atoms with E-state index in [1.807, 2.05) is 0 Å². The van der Waals surface area contributed by atoms with Gasteiger partial charge in [0.15, 0.2) is 0 Å². The molecule has 0 heterocycles. The predicted molar refractivity (Wildman–Crippen MR) is 129 cm³/mol. The molecule has 2 saturated carbocycles. The van der Waals surface area contributed by atoms with Crippen LogP contribution >= 0.6 is 0 Å². The topological polar surface area (TPSA) is 149 Å². The van der Waals surface area contributed by atoms with Gasteiger partial charge in [-0.05, 0) is 37.5 Å². The van der Waals surface area contributed by atoms with Crippen molar-refractivity contribution in [2.75, 3.05) is 39.8 Å². The van der Waals surface area contributed by atoms with Gasteiger partial charge < -0.3 is 14.8 Å². The molecule has 3 N–H and O–H groups in total. The fraction of sp³-hybridized carbons (Fsp3) is 0.870. The summed E-state index contributed by atoms with van der Waals surface area (Å²) in [6.07, 6.45) is 11.9. The molecule has 0 saturated heterocycles. The number of hydrogen-bond donors (Lipinski definition) is 3. The van der Waals surface area contributed by atoms with Crippen LogP contribution in [0, 0.1) is 11.8 Å². The average Bonchev–Trinajstić information content (AvgIpc) is 2.83.